The number of ether oxygens (including phenoxy) is 2. The first-order valence-corrected chi connectivity index (χ1v) is 11.4. The van der Waals surface area contributed by atoms with Gasteiger partial charge < -0.3 is 9.47 Å². The average molecular weight is 459 g/mol. The Bertz CT molecular complexity index is 1450. The van der Waals surface area contributed by atoms with Crippen molar-refractivity contribution < 1.29 is 19.1 Å². The summed E-state index contributed by atoms with van der Waals surface area (Å²) in [4.78, 5) is 28.7. The molecule has 0 spiro atoms. The van der Waals surface area contributed by atoms with Crippen molar-refractivity contribution in [3.05, 3.63) is 119 Å². The predicted octanol–water partition coefficient (Wildman–Crippen LogP) is 6.28. The molecular formula is C31H22O4. The molecule has 5 aliphatic rings. The number of carbonyl (C=O) groups excluding carboxylic acids is 2. The van der Waals surface area contributed by atoms with Gasteiger partial charge in [0.25, 0.3) is 0 Å². The lowest BCUT2D eigenvalue weighted by atomic mass is 9.69. The van der Waals surface area contributed by atoms with E-state index in [-0.39, 0.29) is 11.6 Å². The highest BCUT2D eigenvalue weighted by Gasteiger charge is 2.57. The summed E-state index contributed by atoms with van der Waals surface area (Å²) in [5.74, 6) is 1.00. The lowest BCUT2D eigenvalue weighted by Gasteiger charge is -2.28. The molecule has 5 aliphatic carbocycles. The van der Waals surface area contributed by atoms with E-state index in [1.54, 1.807) is 26.4 Å². The first kappa shape index (κ1) is 21.1. The van der Waals surface area contributed by atoms with Crippen LogP contribution in [0.2, 0.25) is 0 Å². The molecule has 0 heterocycles. The molecule has 0 saturated carbocycles. The van der Waals surface area contributed by atoms with Crippen LogP contribution in [-0.2, 0) is 5.41 Å². The fraction of sp³-hybridized carbons (Fsp3) is 0.0968. The molecule has 170 valence electrons. The second kappa shape index (κ2) is 7.81. The number of benzene rings is 1. The van der Waals surface area contributed by atoms with Crippen molar-refractivity contribution >= 4 is 11.6 Å². The Morgan fingerprint density at radius 3 is 1.31 bits per heavy atom. The number of carbonyl (C=O) groups is 2. The Balaban J connectivity index is 1.70. The summed E-state index contributed by atoms with van der Waals surface area (Å²) in [7, 11) is 3.24. The van der Waals surface area contributed by atoms with E-state index in [9.17, 15) is 9.59 Å². The number of Topliss-reactive ketones (excluding diaryl/α,β-unsaturated/α-hetero) is 2. The minimum absolute atomic E-state index is 0.199. The molecule has 4 heteroatoms. The van der Waals surface area contributed by atoms with Crippen LogP contribution < -0.4 is 9.47 Å². The van der Waals surface area contributed by atoms with Crippen LogP contribution in [-0.4, -0.2) is 25.8 Å². The molecular weight excluding hydrogens is 436 g/mol. The van der Waals surface area contributed by atoms with Gasteiger partial charge in [0.1, 0.15) is 16.9 Å². The van der Waals surface area contributed by atoms with Gasteiger partial charge in [-0.15, -0.1) is 0 Å². The standard InChI is InChI=1S/C31H22O4/c1-34-21-11-7-19-9-17-27(23(19)15-13-21)31(29(32)25-5-3-4-6-26(25)30(31)33)28-18-10-20-8-12-22(35-2)14-16-24(20)28/h3-18H,1-2H3. The zero-order valence-corrected chi connectivity index (χ0v) is 19.4. The molecule has 0 radical (unpaired) electrons. The largest absolute Gasteiger partial charge is 0.497 e. The lowest BCUT2D eigenvalue weighted by Crippen LogP contribution is -2.39. The number of rotatable bonds is 4. The van der Waals surface area contributed by atoms with Crippen molar-refractivity contribution in [2.24, 2.45) is 0 Å². The fourth-order valence-corrected chi connectivity index (χ4v) is 5.41. The highest BCUT2D eigenvalue weighted by atomic mass is 16.5. The summed E-state index contributed by atoms with van der Waals surface area (Å²) in [6, 6.07) is 30.2. The van der Waals surface area contributed by atoms with E-state index in [4.69, 9.17) is 9.47 Å². The van der Waals surface area contributed by atoms with Gasteiger partial charge in [-0.1, -0.05) is 72.8 Å². The Labute approximate surface area is 203 Å². The molecule has 0 fully saturated rings. The second-order valence-corrected chi connectivity index (χ2v) is 8.73. The van der Waals surface area contributed by atoms with Crippen LogP contribution >= 0.6 is 0 Å². The Hall–Kier alpha value is -4.44. The topological polar surface area (TPSA) is 52.6 Å². The SMILES string of the molecule is COc1ccc2ccc(C3(c4ccc5ccc(OC)ccc4-5)C(=O)c4ccccc4C3=O)c-2cc1. The molecule has 4 nitrogen and oxygen atoms in total. The minimum atomic E-state index is -1.49. The molecule has 0 amide bonds. The normalized spacial score (nSPS) is 14.3. The number of ketones is 2. The number of fused-ring (bicyclic) bond motifs is 3. The first-order valence-electron chi connectivity index (χ1n) is 11.4. The highest BCUT2D eigenvalue weighted by molar-refractivity contribution is 6.36. The summed E-state index contributed by atoms with van der Waals surface area (Å²) < 4.78 is 10.8. The second-order valence-electron chi connectivity index (χ2n) is 8.73. The van der Waals surface area contributed by atoms with Gasteiger partial charge in [-0.3, -0.25) is 9.59 Å². The molecule has 0 atom stereocenters. The molecule has 0 aromatic heterocycles. The van der Waals surface area contributed by atoms with Crippen LogP contribution in [0, 0.1) is 0 Å². The van der Waals surface area contributed by atoms with Crippen LogP contribution in [0.25, 0.3) is 22.3 Å². The molecule has 6 rings (SSSR count). The number of hydrogen-bond donors (Lipinski definition) is 0. The van der Waals surface area contributed by atoms with Crippen molar-refractivity contribution in [1.82, 2.24) is 0 Å². The van der Waals surface area contributed by atoms with E-state index < -0.39 is 5.41 Å². The average Bonchev–Trinajstić information content (AvgIpc) is 3.42. The highest BCUT2D eigenvalue weighted by Crippen LogP contribution is 2.52. The van der Waals surface area contributed by atoms with Crippen LogP contribution in [0.5, 0.6) is 11.5 Å². The maximum Gasteiger partial charge on any atom is 0.186 e. The summed E-state index contributed by atoms with van der Waals surface area (Å²) >= 11 is 0. The Morgan fingerprint density at radius 2 is 0.886 bits per heavy atom. The molecule has 0 bridgehead atoms. The van der Waals surface area contributed by atoms with Crippen LogP contribution in [0.4, 0.5) is 0 Å². The van der Waals surface area contributed by atoms with Crippen molar-refractivity contribution in [2.75, 3.05) is 14.2 Å². The third kappa shape index (κ3) is 2.86. The Kier molecular flexibility index (Phi) is 4.71. The molecule has 1 aromatic rings. The van der Waals surface area contributed by atoms with Crippen LogP contribution in [0.15, 0.2) is 97.1 Å². The van der Waals surface area contributed by atoms with Gasteiger partial charge in [-0.2, -0.15) is 0 Å². The maximum atomic E-state index is 14.3. The summed E-state index contributed by atoms with van der Waals surface area (Å²) in [5.41, 5.74) is 4.34. The Morgan fingerprint density at radius 1 is 0.486 bits per heavy atom. The molecule has 0 N–H and O–H groups in total. The van der Waals surface area contributed by atoms with E-state index in [0.29, 0.717) is 33.8 Å². The summed E-state index contributed by atoms with van der Waals surface area (Å²) in [5, 5.41) is 0. The molecule has 0 unspecified atom stereocenters. The quantitative estimate of drug-likeness (QED) is 0.298. The molecule has 0 saturated heterocycles. The van der Waals surface area contributed by atoms with Crippen molar-refractivity contribution in [1.29, 1.82) is 0 Å². The zero-order chi connectivity index (χ0) is 24.2. The third-order valence-corrected chi connectivity index (χ3v) is 7.12. The molecule has 1 aromatic carbocycles. The van der Waals surface area contributed by atoms with Crippen LogP contribution in [0.1, 0.15) is 31.8 Å². The van der Waals surface area contributed by atoms with Crippen molar-refractivity contribution in [2.45, 2.75) is 5.41 Å². The van der Waals surface area contributed by atoms with Crippen LogP contribution in [0.3, 0.4) is 0 Å². The molecule has 0 aliphatic heterocycles. The van der Waals surface area contributed by atoms with Crippen molar-refractivity contribution in [3.8, 4) is 33.8 Å². The van der Waals surface area contributed by atoms with Gasteiger partial charge in [0, 0.05) is 11.1 Å². The van der Waals surface area contributed by atoms with Gasteiger partial charge in [0.05, 0.1) is 14.2 Å². The number of hydrogen-bond acceptors (Lipinski definition) is 4. The van der Waals surface area contributed by atoms with Crippen molar-refractivity contribution in [3.63, 3.8) is 0 Å². The maximum absolute atomic E-state index is 14.3. The van der Waals surface area contributed by atoms with Gasteiger partial charge in [0.2, 0.25) is 0 Å². The lowest BCUT2D eigenvalue weighted by molar-refractivity contribution is 0.0830. The zero-order valence-electron chi connectivity index (χ0n) is 19.4. The summed E-state index contributed by atoms with van der Waals surface area (Å²) in [6.45, 7) is 0. The first-order chi connectivity index (χ1) is 17.1. The monoisotopic (exact) mass is 458 g/mol. The van der Waals surface area contributed by atoms with E-state index in [0.717, 1.165) is 22.3 Å². The van der Waals surface area contributed by atoms with E-state index in [1.165, 1.54) is 0 Å². The smallest absolute Gasteiger partial charge is 0.186 e. The van der Waals surface area contributed by atoms with Gasteiger partial charge in [-0.25, -0.2) is 0 Å². The van der Waals surface area contributed by atoms with E-state index in [2.05, 4.69) is 0 Å². The summed E-state index contributed by atoms with van der Waals surface area (Å²) in [6.07, 6.45) is 0. The van der Waals surface area contributed by atoms with Gasteiger partial charge in [-0.05, 0) is 57.6 Å². The fourth-order valence-electron chi connectivity index (χ4n) is 5.41. The van der Waals surface area contributed by atoms with E-state index >= 15 is 0 Å². The van der Waals surface area contributed by atoms with Gasteiger partial charge in [0.15, 0.2) is 11.6 Å². The minimum Gasteiger partial charge on any atom is -0.497 e. The third-order valence-electron chi connectivity index (χ3n) is 7.12. The predicted molar refractivity (Wildman–Crippen MR) is 135 cm³/mol. The van der Waals surface area contributed by atoms with E-state index in [1.807, 2.05) is 84.9 Å². The van der Waals surface area contributed by atoms with Gasteiger partial charge >= 0.3 is 0 Å². The number of methoxy groups -OCH3 is 2. The molecule has 35 heavy (non-hydrogen) atoms.